The fourth-order valence-electron chi connectivity index (χ4n) is 1.57. The van der Waals surface area contributed by atoms with Crippen molar-refractivity contribution < 1.29 is 13.5 Å². The zero-order chi connectivity index (χ0) is 12.7. The van der Waals surface area contributed by atoms with E-state index in [1.165, 1.54) is 18.2 Å². The van der Waals surface area contributed by atoms with Gasteiger partial charge in [0.05, 0.1) is 0 Å². The number of rotatable bonds is 7. The van der Waals surface area contributed by atoms with Crippen LogP contribution in [0.15, 0.2) is 18.2 Å². The number of benzene rings is 1. The minimum absolute atomic E-state index is 0.0653. The molecule has 0 aliphatic heterocycles. The Hall–Kier alpha value is -1.00. The number of hydrogen-bond donors (Lipinski definition) is 1. The molecular formula is C13H19F2NO. The lowest BCUT2D eigenvalue weighted by atomic mass is 10.0. The van der Waals surface area contributed by atoms with Crippen LogP contribution in [0.2, 0.25) is 0 Å². The average molecular weight is 243 g/mol. The largest absolute Gasteiger partial charge is 0.381 e. The van der Waals surface area contributed by atoms with E-state index in [9.17, 15) is 8.78 Å². The van der Waals surface area contributed by atoms with Crippen LogP contribution in [0.4, 0.5) is 8.78 Å². The molecule has 0 saturated carbocycles. The van der Waals surface area contributed by atoms with E-state index < -0.39 is 11.6 Å². The molecule has 0 aromatic heterocycles. The first-order valence-electron chi connectivity index (χ1n) is 5.91. The van der Waals surface area contributed by atoms with Gasteiger partial charge < -0.3 is 10.5 Å². The van der Waals surface area contributed by atoms with E-state index in [1.807, 2.05) is 6.92 Å². The molecule has 0 amide bonds. The van der Waals surface area contributed by atoms with Crippen LogP contribution in [0.1, 0.15) is 25.3 Å². The zero-order valence-corrected chi connectivity index (χ0v) is 10.1. The van der Waals surface area contributed by atoms with Crippen molar-refractivity contribution in [2.75, 3.05) is 13.2 Å². The van der Waals surface area contributed by atoms with Crippen molar-refractivity contribution >= 4 is 0 Å². The molecule has 0 radical (unpaired) electrons. The maximum Gasteiger partial charge on any atom is 0.129 e. The van der Waals surface area contributed by atoms with Gasteiger partial charge >= 0.3 is 0 Å². The molecule has 2 nitrogen and oxygen atoms in total. The standard InChI is InChI=1S/C13H19F2NO/c1-2-7-17-8-6-10(16)9-11-12(14)4-3-5-13(11)15/h3-5,10H,2,6-9,16H2,1H3. The van der Waals surface area contributed by atoms with E-state index in [4.69, 9.17) is 10.5 Å². The Labute approximate surface area is 101 Å². The minimum Gasteiger partial charge on any atom is -0.381 e. The summed E-state index contributed by atoms with van der Waals surface area (Å²) < 4.78 is 31.9. The van der Waals surface area contributed by atoms with E-state index >= 15 is 0 Å². The van der Waals surface area contributed by atoms with Crippen LogP contribution in [0.3, 0.4) is 0 Å². The maximum atomic E-state index is 13.3. The Bertz CT molecular complexity index is 324. The highest BCUT2D eigenvalue weighted by Gasteiger charge is 2.12. The topological polar surface area (TPSA) is 35.2 Å². The third-order valence-corrected chi connectivity index (χ3v) is 2.51. The maximum absolute atomic E-state index is 13.3. The Kier molecular flexibility index (Phi) is 6.08. The lowest BCUT2D eigenvalue weighted by molar-refractivity contribution is 0.127. The van der Waals surface area contributed by atoms with E-state index in [0.717, 1.165) is 6.42 Å². The molecule has 1 unspecified atom stereocenters. The minimum atomic E-state index is -0.532. The summed E-state index contributed by atoms with van der Waals surface area (Å²) in [4.78, 5) is 0. The first kappa shape index (κ1) is 14.1. The number of nitrogens with two attached hydrogens (primary N) is 1. The predicted octanol–water partition coefficient (Wildman–Crippen LogP) is 2.65. The van der Waals surface area contributed by atoms with Crippen LogP contribution >= 0.6 is 0 Å². The molecule has 0 fully saturated rings. The molecule has 96 valence electrons. The molecule has 0 aliphatic rings. The van der Waals surface area contributed by atoms with Gasteiger partial charge in [-0.1, -0.05) is 13.0 Å². The van der Waals surface area contributed by atoms with Gasteiger partial charge in [0.15, 0.2) is 0 Å². The third kappa shape index (κ3) is 4.79. The molecule has 4 heteroatoms. The van der Waals surface area contributed by atoms with Crippen LogP contribution in [0, 0.1) is 11.6 Å². The van der Waals surface area contributed by atoms with Gasteiger partial charge in [-0.05, 0) is 31.4 Å². The normalized spacial score (nSPS) is 12.7. The summed E-state index contributed by atoms with van der Waals surface area (Å²) in [5, 5.41) is 0. The summed E-state index contributed by atoms with van der Waals surface area (Å²) in [7, 11) is 0. The zero-order valence-electron chi connectivity index (χ0n) is 10.1. The van der Waals surface area contributed by atoms with Crippen LogP contribution < -0.4 is 5.73 Å². The SMILES string of the molecule is CCCOCCC(N)Cc1c(F)cccc1F. The summed E-state index contributed by atoms with van der Waals surface area (Å²) in [5.41, 5.74) is 5.88. The van der Waals surface area contributed by atoms with Gasteiger partial charge in [0.25, 0.3) is 0 Å². The molecular weight excluding hydrogens is 224 g/mol. The molecule has 0 saturated heterocycles. The molecule has 0 bridgehead atoms. The molecule has 0 aliphatic carbocycles. The summed E-state index contributed by atoms with van der Waals surface area (Å²) in [6.07, 6.45) is 1.76. The highest BCUT2D eigenvalue weighted by atomic mass is 19.1. The van der Waals surface area contributed by atoms with E-state index in [-0.39, 0.29) is 18.0 Å². The highest BCUT2D eigenvalue weighted by Crippen LogP contribution is 2.14. The second-order valence-electron chi connectivity index (χ2n) is 4.07. The van der Waals surface area contributed by atoms with Crippen LogP contribution in [-0.4, -0.2) is 19.3 Å². The average Bonchev–Trinajstić information content (AvgIpc) is 2.30. The fraction of sp³-hybridized carbons (Fsp3) is 0.538. The second-order valence-corrected chi connectivity index (χ2v) is 4.07. The van der Waals surface area contributed by atoms with Crippen LogP contribution in [0.5, 0.6) is 0 Å². The van der Waals surface area contributed by atoms with Gasteiger partial charge in [0.2, 0.25) is 0 Å². The Morgan fingerprint density at radius 1 is 1.24 bits per heavy atom. The van der Waals surface area contributed by atoms with Crippen molar-refractivity contribution in [2.45, 2.75) is 32.2 Å². The van der Waals surface area contributed by atoms with Gasteiger partial charge in [-0.2, -0.15) is 0 Å². The Balaban J connectivity index is 2.42. The monoisotopic (exact) mass is 243 g/mol. The molecule has 0 heterocycles. The third-order valence-electron chi connectivity index (χ3n) is 2.51. The first-order valence-corrected chi connectivity index (χ1v) is 5.91. The smallest absolute Gasteiger partial charge is 0.129 e. The summed E-state index contributed by atoms with van der Waals surface area (Å²) in [6, 6.07) is 3.57. The lowest BCUT2D eigenvalue weighted by Crippen LogP contribution is -2.25. The van der Waals surface area contributed by atoms with Crippen molar-refractivity contribution in [2.24, 2.45) is 5.73 Å². The number of ether oxygens (including phenoxy) is 1. The second kappa shape index (κ2) is 7.35. The lowest BCUT2D eigenvalue weighted by Gasteiger charge is -2.12. The van der Waals surface area contributed by atoms with E-state index in [1.54, 1.807) is 0 Å². The quantitative estimate of drug-likeness (QED) is 0.747. The number of hydrogen-bond acceptors (Lipinski definition) is 2. The summed E-state index contributed by atoms with van der Waals surface area (Å²) >= 11 is 0. The summed E-state index contributed by atoms with van der Waals surface area (Å²) in [6.45, 7) is 3.25. The molecule has 17 heavy (non-hydrogen) atoms. The van der Waals surface area contributed by atoms with E-state index in [2.05, 4.69) is 0 Å². The van der Waals surface area contributed by atoms with E-state index in [0.29, 0.717) is 19.6 Å². The molecule has 1 atom stereocenters. The van der Waals surface area contributed by atoms with Crippen molar-refractivity contribution in [1.82, 2.24) is 0 Å². The Morgan fingerprint density at radius 3 is 2.47 bits per heavy atom. The number of halogens is 2. The summed E-state index contributed by atoms with van der Waals surface area (Å²) in [5.74, 6) is -1.06. The van der Waals surface area contributed by atoms with Crippen LogP contribution in [-0.2, 0) is 11.2 Å². The van der Waals surface area contributed by atoms with Crippen molar-refractivity contribution in [1.29, 1.82) is 0 Å². The molecule has 1 aromatic rings. The van der Waals surface area contributed by atoms with Gasteiger partial charge in [0.1, 0.15) is 11.6 Å². The first-order chi connectivity index (χ1) is 8.15. The molecule has 2 N–H and O–H groups in total. The van der Waals surface area contributed by atoms with Crippen LogP contribution in [0.25, 0.3) is 0 Å². The predicted molar refractivity (Wildman–Crippen MR) is 63.8 cm³/mol. The van der Waals surface area contributed by atoms with Crippen molar-refractivity contribution in [3.05, 3.63) is 35.4 Å². The van der Waals surface area contributed by atoms with Crippen molar-refractivity contribution in [3.8, 4) is 0 Å². The van der Waals surface area contributed by atoms with Gasteiger partial charge in [-0.3, -0.25) is 0 Å². The van der Waals surface area contributed by atoms with Gasteiger partial charge in [-0.25, -0.2) is 8.78 Å². The molecule has 1 aromatic carbocycles. The molecule has 0 spiro atoms. The van der Waals surface area contributed by atoms with Gasteiger partial charge in [0, 0.05) is 24.8 Å². The Morgan fingerprint density at radius 2 is 1.88 bits per heavy atom. The van der Waals surface area contributed by atoms with Gasteiger partial charge in [-0.15, -0.1) is 0 Å². The fourth-order valence-corrected chi connectivity index (χ4v) is 1.57. The van der Waals surface area contributed by atoms with Crippen molar-refractivity contribution in [3.63, 3.8) is 0 Å². The molecule has 1 rings (SSSR count). The highest BCUT2D eigenvalue weighted by molar-refractivity contribution is 5.20.